The fourth-order valence-electron chi connectivity index (χ4n) is 0.810. The molecule has 70 valence electrons. The Balaban J connectivity index is 3.19. The minimum absolute atomic E-state index is 0.183. The zero-order valence-electron chi connectivity index (χ0n) is 6.34. The lowest BCUT2D eigenvalue weighted by molar-refractivity contribution is -0.268. The Morgan fingerprint density at radius 1 is 1.38 bits per heavy atom. The molecule has 0 aliphatic carbocycles. The minimum atomic E-state index is -1.41. The Bertz CT molecular complexity index is 336. The first-order valence-electron chi connectivity index (χ1n) is 3.24. The third-order valence-electron chi connectivity index (χ3n) is 1.42. The summed E-state index contributed by atoms with van der Waals surface area (Å²) in [5.74, 6) is -2.09. The number of nitrogens with zero attached hydrogens (tertiary/aromatic N) is 1. The SMILES string of the molecule is O=C(O)c1cc(N(O)O)ccc1[O-]. The Hall–Kier alpha value is -1.79. The third-order valence-corrected chi connectivity index (χ3v) is 1.42. The number of carboxylic acids is 1. The van der Waals surface area contributed by atoms with Crippen LogP contribution in [0.15, 0.2) is 18.2 Å². The van der Waals surface area contributed by atoms with Gasteiger partial charge in [-0.2, -0.15) is 0 Å². The van der Waals surface area contributed by atoms with Crippen LogP contribution in [0.2, 0.25) is 0 Å². The van der Waals surface area contributed by atoms with Crippen LogP contribution >= 0.6 is 0 Å². The molecule has 1 rings (SSSR count). The van der Waals surface area contributed by atoms with Gasteiger partial charge in [-0.25, -0.2) is 4.79 Å². The molecule has 13 heavy (non-hydrogen) atoms. The van der Waals surface area contributed by atoms with Gasteiger partial charge in [-0.05, 0) is 12.1 Å². The van der Waals surface area contributed by atoms with Crippen molar-refractivity contribution in [2.45, 2.75) is 0 Å². The summed E-state index contributed by atoms with van der Waals surface area (Å²) in [6, 6.07) is 2.90. The summed E-state index contributed by atoms with van der Waals surface area (Å²) in [6.45, 7) is 0. The number of carbonyl (C=O) groups is 1. The van der Waals surface area contributed by atoms with E-state index in [2.05, 4.69) is 0 Å². The van der Waals surface area contributed by atoms with Crippen molar-refractivity contribution >= 4 is 11.7 Å². The van der Waals surface area contributed by atoms with E-state index in [1.165, 1.54) is 0 Å². The molecule has 0 saturated heterocycles. The Labute approximate surface area is 72.8 Å². The normalized spacial score (nSPS) is 9.69. The topological polar surface area (TPSA) is 104 Å². The van der Waals surface area contributed by atoms with Gasteiger partial charge in [0, 0.05) is 0 Å². The fraction of sp³-hybridized carbons (Fsp3) is 0. The van der Waals surface area contributed by atoms with E-state index in [1.54, 1.807) is 0 Å². The quantitative estimate of drug-likeness (QED) is 0.560. The van der Waals surface area contributed by atoms with Gasteiger partial charge in [-0.15, -0.1) is 5.23 Å². The van der Waals surface area contributed by atoms with Gasteiger partial charge in [-0.1, -0.05) is 11.8 Å². The lowest BCUT2D eigenvalue weighted by Gasteiger charge is -2.13. The molecule has 0 fully saturated rings. The van der Waals surface area contributed by atoms with Crippen molar-refractivity contribution in [2.24, 2.45) is 0 Å². The van der Waals surface area contributed by atoms with Crippen molar-refractivity contribution in [1.29, 1.82) is 0 Å². The summed E-state index contributed by atoms with van der Waals surface area (Å²) in [5.41, 5.74) is -0.692. The molecule has 0 bridgehead atoms. The van der Waals surface area contributed by atoms with E-state index in [1.807, 2.05) is 0 Å². The summed E-state index contributed by atoms with van der Waals surface area (Å²) in [5, 5.41) is 36.1. The molecule has 6 heteroatoms. The van der Waals surface area contributed by atoms with Crippen LogP contribution < -0.4 is 10.3 Å². The lowest BCUT2D eigenvalue weighted by atomic mass is 10.2. The number of benzene rings is 1. The van der Waals surface area contributed by atoms with Crippen LogP contribution in [-0.2, 0) is 0 Å². The van der Waals surface area contributed by atoms with Crippen molar-refractivity contribution in [3.63, 3.8) is 0 Å². The number of rotatable bonds is 2. The third kappa shape index (κ3) is 1.86. The molecule has 6 nitrogen and oxygen atoms in total. The molecule has 0 unspecified atom stereocenters. The summed E-state index contributed by atoms with van der Waals surface area (Å²) in [6.07, 6.45) is 0. The van der Waals surface area contributed by atoms with Crippen molar-refractivity contribution < 1.29 is 25.4 Å². The van der Waals surface area contributed by atoms with Gasteiger partial charge >= 0.3 is 5.97 Å². The highest BCUT2D eigenvalue weighted by atomic mass is 16.8. The van der Waals surface area contributed by atoms with Crippen molar-refractivity contribution in [3.8, 4) is 5.75 Å². The van der Waals surface area contributed by atoms with E-state index in [9.17, 15) is 9.90 Å². The Morgan fingerprint density at radius 2 is 2.00 bits per heavy atom. The maximum Gasteiger partial charge on any atom is 0.335 e. The zero-order chi connectivity index (χ0) is 10.0. The molecule has 0 heterocycles. The van der Waals surface area contributed by atoms with E-state index in [0.717, 1.165) is 18.2 Å². The minimum Gasteiger partial charge on any atom is -0.872 e. The Kier molecular flexibility index (Phi) is 2.36. The molecule has 0 atom stereocenters. The molecule has 0 aliphatic rings. The van der Waals surface area contributed by atoms with Gasteiger partial charge in [0.25, 0.3) is 0 Å². The highest BCUT2D eigenvalue weighted by Crippen LogP contribution is 2.20. The average molecular weight is 184 g/mol. The Morgan fingerprint density at radius 3 is 2.46 bits per heavy atom. The number of anilines is 1. The van der Waals surface area contributed by atoms with Crippen LogP contribution in [0.25, 0.3) is 0 Å². The predicted molar refractivity (Wildman–Crippen MR) is 38.9 cm³/mol. The van der Waals surface area contributed by atoms with E-state index in [-0.39, 0.29) is 10.9 Å². The van der Waals surface area contributed by atoms with Crippen LogP contribution in [-0.4, -0.2) is 21.5 Å². The molecule has 3 N–H and O–H groups in total. The molecular weight excluding hydrogens is 178 g/mol. The summed E-state index contributed by atoms with van der Waals surface area (Å²) < 4.78 is 0. The second-order valence-corrected chi connectivity index (χ2v) is 2.28. The van der Waals surface area contributed by atoms with Crippen LogP contribution in [0.5, 0.6) is 5.75 Å². The maximum absolute atomic E-state index is 10.9. The largest absolute Gasteiger partial charge is 0.872 e. The highest BCUT2D eigenvalue weighted by molar-refractivity contribution is 5.91. The molecule has 0 amide bonds. The summed E-state index contributed by atoms with van der Waals surface area (Å²) in [4.78, 5) is 10.4. The van der Waals surface area contributed by atoms with Gasteiger partial charge in [0.1, 0.15) is 0 Å². The standard InChI is InChI=1S/C7H7NO5/c9-6-2-1-4(8(12)13)3-5(6)7(10)11/h1-3,9,12-13H,(H,10,11)/p-1. The molecule has 0 radical (unpaired) electrons. The lowest BCUT2D eigenvalue weighted by Crippen LogP contribution is -2.13. The number of hydrogen-bond acceptors (Lipinski definition) is 5. The molecule has 0 saturated carbocycles. The van der Waals surface area contributed by atoms with Crippen LogP contribution in [0.1, 0.15) is 10.4 Å². The highest BCUT2D eigenvalue weighted by Gasteiger charge is 2.07. The number of hydrogen-bond donors (Lipinski definition) is 3. The number of aromatic carboxylic acids is 1. The van der Waals surface area contributed by atoms with Crippen molar-refractivity contribution in [1.82, 2.24) is 0 Å². The average Bonchev–Trinajstić information content (AvgIpc) is 2.04. The van der Waals surface area contributed by atoms with Crippen molar-refractivity contribution in [3.05, 3.63) is 23.8 Å². The fourth-order valence-corrected chi connectivity index (χ4v) is 0.810. The number of carboxylic acid groups (broad SMARTS) is 1. The van der Waals surface area contributed by atoms with Crippen LogP contribution in [0, 0.1) is 0 Å². The first-order chi connectivity index (χ1) is 6.02. The van der Waals surface area contributed by atoms with Gasteiger partial charge in [0.15, 0.2) is 0 Å². The molecule has 1 aromatic rings. The van der Waals surface area contributed by atoms with Gasteiger partial charge in [-0.3, -0.25) is 10.4 Å². The first kappa shape index (κ1) is 9.30. The zero-order valence-corrected chi connectivity index (χ0v) is 6.34. The van der Waals surface area contributed by atoms with E-state index in [0.29, 0.717) is 0 Å². The smallest absolute Gasteiger partial charge is 0.335 e. The van der Waals surface area contributed by atoms with Gasteiger partial charge in [0.2, 0.25) is 0 Å². The van der Waals surface area contributed by atoms with Crippen molar-refractivity contribution in [2.75, 3.05) is 5.23 Å². The van der Waals surface area contributed by atoms with Gasteiger partial charge < -0.3 is 10.2 Å². The van der Waals surface area contributed by atoms with Crippen LogP contribution in [0.4, 0.5) is 5.69 Å². The predicted octanol–water partition coefficient (Wildman–Crippen LogP) is 0.0432. The summed E-state index contributed by atoms with van der Waals surface area (Å²) >= 11 is 0. The molecule has 0 aromatic heterocycles. The van der Waals surface area contributed by atoms with Crippen LogP contribution in [0.3, 0.4) is 0 Å². The second kappa shape index (κ2) is 3.30. The monoisotopic (exact) mass is 184 g/mol. The van der Waals surface area contributed by atoms with E-state index < -0.39 is 17.3 Å². The molecule has 1 aromatic carbocycles. The molecule has 0 aliphatic heterocycles. The second-order valence-electron chi connectivity index (χ2n) is 2.28. The van der Waals surface area contributed by atoms with Gasteiger partial charge in [0.05, 0.1) is 11.3 Å². The maximum atomic E-state index is 10.9. The molecular formula is C7H6NO5-. The first-order valence-corrected chi connectivity index (χ1v) is 3.24. The van der Waals surface area contributed by atoms with E-state index >= 15 is 0 Å². The van der Waals surface area contributed by atoms with E-state index in [4.69, 9.17) is 15.5 Å². The summed E-state index contributed by atoms with van der Waals surface area (Å²) in [7, 11) is 0. The molecule has 0 spiro atoms.